The second-order valence-electron chi connectivity index (χ2n) is 4.51. The number of allylic oxidation sites excluding steroid dienone is 2. The maximum Gasteiger partial charge on any atom is 0.322 e. The minimum Gasteiger partial charge on any atom is -0.463 e. The molecule has 0 aliphatic heterocycles. The van der Waals surface area contributed by atoms with Crippen molar-refractivity contribution in [3.8, 4) is 6.01 Å². The van der Waals surface area contributed by atoms with Crippen molar-refractivity contribution in [1.29, 1.82) is 0 Å². The average molecular weight is 272 g/mol. The lowest BCUT2D eigenvalue weighted by atomic mass is 9.95. The molecule has 1 saturated carbocycles. The van der Waals surface area contributed by atoms with E-state index in [1.807, 2.05) is 0 Å². The van der Waals surface area contributed by atoms with Crippen LogP contribution in [0.4, 0.5) is 0 Å². The Morgan fingerprint density at radius 2 is 1.88 bits per heavy atom. The van der Waals surface area contributed by atoms with E-state index < -0.39 is 0 Å². The van der Waals surface area contributed by atoms with Crippen LogP contribution in [-0.4, -0.2) is 21.6 Å². The lowest BCUT2D eigenvalue weighted by molar-refractivity contribution is 0.212. The first-order valence-electron chi connectivity index (χ1n) is 5.59. The SMILES string of the molecule is Clc1nc(Cl)nc(OCC2CC3C=CC2C3)n1. The van der Waals surface area contributed by atoms with Crippen LogP contribution in [0.2, 0.25) is 10.6 Å². The third-order valence-corrected chi connectivity index (χ3v) is 3.74. The number of nitrogens with zero attached hydrogens (tertiary/aromatic N) is 3. The molecule has 6 heteroatoms. The largest absolute Gasteiger partial charge is 0.463 e. The van der Waals surface area contributed by atoms with E-state index in [-0.39, 0.29) is 16.6 Å². The molecule has 0 radical (unpaired) electrons. The van der Waals surface area contributed by atoms with Crippen LogP contribution in [0, 0.1) is 17.8 Å². The summed E-state index contributed by atoms with van der Waals surface area (Å²) in [7, 11) is 0. The summed E-state index contributed by atoms with van der Waals surface area (Å²) in [6.07, 6.45) is 7.04. The number of halogens is 2. The van der Waals surface area contributed by atoms with Gasteiger partial charge in [-0.05, 0) is 53.8 Å². The molecule has 1 aromatic rings. The van der Waals surface area contributed by atoms with Gasteiger partial charge < -0.3 is 4.74 Å². The van der Waals surface area contributed by atoms with Crippen LogP contribution in [0.5, 0.6) is 6.01 Å². The van der Waals surface area contributed by atoms with Gasteiger partial charge in [0.1, 0.15) is 0 Å². The molecule has 1 aromatic heterocycles. The third-order valence-electron chi connectivity index (χ3n) is 3.40. The molecule has 4 nitrogen and oxygen atoms in total. The summed E-state index contributed by atoms with van der Waals surface area (Å²) in [5, 5.41) is 0.126. The molecule has 0 N–H and O–H groups in total. The standard InChI is InChI=1S/C11H11Cl2N3O/c12-9-14-10(13)16-11(15-9)17-5-8-4-6-1-2-7(8)3-6/h1-2,6-8H,3-5H2. The van der Waals surface area contributed by atoms with Gasteiger partial charge in [0, 0.05) is 0 Å². The van der Waals surface area contributed by atoms with Gasteiger partial charge in [-0.25, -0.2) is 0 Å². The maximum atomic E-state index is 5.67. The quantitative estimate of drug-likeness (QED) is 0.794. The van der Waals surface area contributed by atoms with Gasteiger partial charge in [-0.3, -0.25) is 0 Å². The molecular weight excluding hydrogens is 261 g/mol. The molecule has 0 amide bonds. The zero-order valence-electron chi connectivity index (χ0n) is 9.01. The van der Waals surface area contributed by atoms with Crippen molar-refractivity contribution in [2.24, 2.45) is 17.8 Å². The van der Waals surface area contributed by atoms with Gasteiger partial charge >= 0.3 is 6.01 Å². The molecule has 17 heavy (non-hydrogen) atoms. The summed E-state index contributed by atoms with van der Waals surface area (Å²) in [6, 6.07) is 0.210. The third kappa shape index (κ3) is 2.38. The number of hydrogen-bond donors (Lipinski definition) is 0. The highest BCUT2D eigenvalue weighted by Crippen LogP contribution is 2.43. The van der Waals surface area contributed by atoms with Gasteiger partial charge in [0.2, 0.25) is 10.6 Å². The van der Waals surface area contributed by atoms with E-state index in [0.717, 1.165) is 5.92 Å². The molecule has 3 unspecified atom stereocenters. The van der Waals surface area contributed by atoms with Gasteiger partial charge in [-0.2, -0.15) is 15.0 Å². The van der Waals surface area contributed by atoms with E-state index >= 15 is 0 Å². The first-order valence-corrected chi connectivity index (χ1v) is 6.34. The first kappa shape index (κ1) is 11.2. The van der Waals surface area contributed by atoms with Gasteiger partial charge in [-0.15, -0.1) is 0 Å². The smallest absolute Gasteiger partial charge is 0.322 e. The Balaban J connectivity index is 1.62. The molecule has 0 saturated heterocycles. The molecule has 90 valence electrons. The minimum atomic E-state index is 0.0628. The number of hydrogen-bond acceptors (Lipinski definition) is 4. The number of fused-ring (bicyclic) bond motifs is 2. The predicted molar refractivity (Wildman–Crippen MR) is 64.2 cm³/mol. The van der Waals surface area contributed by atoms with Crippen molar-refractivity contribution < 1.29 is 4.74 Å². The molecule has 1 heterocycles. The zero-order chi connectivity index (χ0) is 11.8. The van der Waals surface area contributed by atoms with E-state index in [1.165, 1.54) is 12.8 Å². The van der Waals surface area contributed by atoms with Crippen molar-refractivity contribution in [3.05, 3.63) is 22.7 Å². The Hall–Kier alpha value is -0.870. The molecule has 0 spiro atoms. The molecule has 1 fully saturated rings. The van der Waals surface area contributed by atoms with Crippen molar-refractivity contribution in [2.75, 3.05) is 6.61 Å². The summed E-state index contributed by atoms with van der Waals surface area (Å²) in [5.74, 6) is 1.94. The van der Waals surface area contributed by atoms with Crippen LogP contribution in [0.15, 0.2) is 12.2 Å². The highest BCUT2D eigenvalue weighted by atomic mass is 35.5. The molecule has 3 rings (SSSR count). The summed E-state index contributed by atoms with van der Waals surface area (Å²) in [6.45, 7) is 0.613. The fraction of sp³-hybridized carbons (Fsp3) is 0.545. The van der Waals surface area contributed by atoms with Crippen LogP contribution in [0.25, 0.3) is 0 Å². The fourth-order valence-corrected chi connectivity index (χ4v) is 2.99. The normalized spacial score (nSPS) is 29.9. The first-order chi connectivity index (χ1) is 8.20. The molecule has 2 bridgehead atoms. The van der Waals surface area contributed by atoms with Crippen molar-refractivity contribution in [3.63, 3.8) is 0 Å². The molecule has 3 atom stereocenters. The number of ether oxygens (including phenoxy) is 1. The summed E-state index contributed by atoms with van der Waals surface area (Å²) in [5.41, 5.74) is 0. The Labute approximate surface area is 109 Å². The minimum absolute atomic E-state index is 0.0628. The molecule has 2 aliphatic rings. The lowest BCUT2D eigenvalue weighted by Gasteiger charge is -2.17. The van der Waals surface area contributed by atoms with E-state index in [0.29, 0.717) is 18.4 Å². The van der Waals surface area contributed by atoms with Crippen molar-refractivity contribution >= 4 is 23.2 Å². The second kappa shape index (κ2) is 4.42. The monoisotopic (exact) mass is 271 g/mol. The van der Waals surface area contributed by atoms with Crippen LogP contribution >= 0.6 is 23.2 Å². The Morgan fingerprint density at radius 1 is 1.12 bits per heavy atom. The van der Waals surface area contributed by atoms with Gasteiger partial charge in [-0.1, -0.05) is 12.2 Å². The number of rotatable bonds is 3. The fourth-order valence-electron chi connectivity index (χ4n) is 2.64. The van der Waals surface area contributed by atoms with Crippen molar-refractivity contribution in [1.82, 2.24) is 15.0 Å². The topological polar surface area (TPSA) is 47.9 Å². The molecular formula is C11H11Cl2N3O. The molecule has 0 aromatic carbocycles. The maximum absolute atomic E-state index is 5.67. The van der Waals surface area contributed by atoms with Gasteiger partial charge in [0.05, 0.1) is 6.61 Å². The van der Waals surface area contributed by atoms with E-state index in [2.05, 4.69) is 27.1 Å². The summed E-state index contributed by atoms with van der Waals surface area (Å²) in [4.78, 5) is 11.4. The molecule has 2 aliphatic carbocycles. The zero-order valence-corrected chi connectivity index (χ0v) is 10.5. The van der Waals surface area contributed by atoms with Crippen LogP contribution in [-0.2, 0) is 0 Å². The van der Waals surface area contributed by atoms with Gasteiger partial charge in [0.25, 0.3) is 0 Å². The number of aromatic nitrogens is 3. The van der Waals surface area contributed by atoms with Crippen LogP contribution < -0.4 is 4.74 Å². The highest BCUT2D eigenvalue weighted by molar-refractivity contribution is 6.31. The van der Waals surface area contributed by atoms with E-state index in [1.54, 1.807) is 0 Å². The average Bonchev–Trinajstić information content (AvgIpc) is 2.86. The Morgan fingerprint density at radius 3 is 2.47 bits per heavy atom. The van der Waals surface area contributed by atoms with Crippen LogP contribution in [0.3, 0.4) is 0 Å². The predicted octanol–water partition coefficient (Wildman–Crippen LogP) is 2.77. The van der Waals surface area contributed by atoms with E-state index in [9.17, 15) is 0 Å². The second-order valence-corrected chi connectivity index (χ2v) is 5.18. The van der Waals surface area contributed by atoms with Crippen molar-refractivity contribution in [2.45, 2.75) is 12.8 Å². The summed E-state index contributed by atoms with van der Waals surface area (Å²) >= 11 is 11.3. The van der Waals surface area contributed by atoms with E-state index in [4.69, 9.17) is 27.9 Å². The Bertz CT molecular complexity index is 446. The Kier molecular flexibility index (Phi) is 2.92. The summed E-state index contributed by atoms with van der Waals surface area (Å²) < 4.78 is 5.54. The lowest BCUT2D eigenvalue weighted by Crippen LogP contribution is -2.17. The van der Waals surface area contributed by atoms with Crippen LogP contribution in [0.1, 0.15) is 12.8 Å². The van der Waals surface area contributed by atoms with Gasteiger partial charge in [0.15, 0.2) is 0 Å². The highest BCUT2D eigenvalue weighted by Gasteiger charge is 2.35.